The second kappa shape index (κ2) is 9.42. The molecule has 0 bridgehead atoms. The van der Waals surface area contributed by atoms with Crippen LogP contribution in [0.5, 0.6) is 5.75 Å². The van der Waals surface area contributed by atoms with Gasteiger partial charge in [-0.2, -0.15) is 0 Å². The first-order valence-electron chi connectivity index (χ1n) is 9.55. The van der Waals surface area contributed by atoms with Crippen molar-refractivity contribution in [2.45, 2.75) is 13.0 Å². The second-order valence-electron chi connectivity index (χ2n) is 6.99. The van der Waals surface area contributed by atoms with E-state index in [0.717, 1.165) is 44.2 Å². The summed E-state index contributed by atoms with van der Waals surface area (Å²) in [6.45, 7) is 5.32. The van der Waals surface area contributed by atoms with E-state index in [9.17, 15) is 4.79 Å². The lowest BCUT2D eigenvalue weighted by molar-refractivity contribution is -0.130. The zero-order valence-corrected chi connectivity index (χ0v) is 16.3. The fourth-order valence-corrected chi connectivity index (χ4v) is 3.49. The van der Waals surface area contributed by atoms with E-state index >= 15 is 0 Å². The molecule has 0 aliphatic carbocycles. The molecule has 1 heterocycles. The SMILES string of the molecule is COc1ccccc1N1CCN(CCC(=O)N(C)Cc2ccccc2)CC1. The Morgan fingerprint density at radius 3 is 2.37 bits per heavy atom. The van der Waals surface area contributed by atoms with Gasteiger partial charge >= 0.3 is 0 Å². The molecule has 3 rings (SSSR count). The van der Waals surface area contributed by atoms with Crippen LogP contribution in [0.2, 0.25) is 0 Å². The molecule has 2 aromatic carbocycles. The molecule has 2 aromatic rings. The summed E-state index contributed by atoms with van der Waals surface area (Å²) in [5.74, 6) is 1.12. The van der Waals surface area contributed by atoms with E-state index in [1.807, 2.05) is 48.3 Å². The number of hydrogen-bond donors (Lipinski definition) is 0. The van der Waals surface area contributed by atoms with E-state index in [4.69, 9.17) is 4.74 Å². The van der Waals surface area contributed by atoms with Crippen molar-refractivity contribution < 1.29 is 9.53 Å². The van der Waals surface area contributed by atoms with Crippen molar-refractivity contribution >= 4 is 11.6 Å². The highest BCUT2D eigenvalue weighted by Gasteiger charge is 2.20. The van der Waals surface area contributed by atoms with Gasteiger partial charge in [-0.15, -0.1) is 0 Å². The molecule has 0 unspecified atom stereocenters. The van der Waals surface area contributed by atoms with E-state index in [1.54, 1.807) is 7.11 Å². The predicted octanol–water partition coefficient (Wildman–Crippen LogP) is 2.87. The molecule has 1 fully saturated rings. The zero-order chi connectivity index (χ0) is 19.1. The number of carbonyl (C=O) groups excluding carboxylic acids is 1. The highest BCUT2D eigenvalue weighted by atomic mass is 16.5. The van der Waals surface area contributed by atoms with Crippen LogP contribution in [0, 0.1) is 0 Å². The van der Waals surface area contributed by atoms with E-state index in [2.05, 4.69) is 28.0 Å². The van der Waals surface area contributed by atoms with Gasteiger partial charge in [0.05, 0.1) is 12.8 Å². The van der Waals surface area contributed by atoms with Gasteiger partial charge < -0.3 is 14.5 Å². The van der Waals surface area contributed by atoms with Gasteiger partial charge in [-0.25, -0.2) is 0 Å². The molecule has 27 heavy (non-hydrogen) atoms. The van der Waals surface area contributed by atoms with Crippen molar-refractivity contribution in [3.8, 4) is 5.75 Å². The molecule has 5 heteroatoms. The van der Waals surface area contributed by atoms with Gasteiger partial charge in [0.2, 0.25) is 5.91 Å². The first kappa shape index (κ1) is 19.2. The highest BCUT2D eigenvalue weighted by molar-refractivity contribution is 5.76. The Morgan fingerprint density at radius 2 is 1.67 bits per heavy atom. The number of methoxy groups -OCH3 is 1. The summed E-state index contributed by atoms with van der Waals surface area (Å²) in [7, 11) is 3.60. The molecule has 0 aromatic heterocycles. The summed E-state index contributed by atoms with van der Waals surface area (Å²) < 4.78 is 5.47. The molecule has 0 spiro atoms. The Bertz CT molecular complexity index is 727. The maximum absolute atomic E-state index is 12.4. The number of para-hydroxylation sites is 2. The summed E-state index contributed by atoms with van der Waals surface area (Å²) in [5, 5.41) is 0. The summed E-state index contributed by atoms with van der Waals surface area (Å²) in [5.41, 5.74) is 2.32. The number of piperazine rings is 1. The Hall–Kier alpha value is -2.53. The lowest BCUT2D eigenvalue weighted by atomic mass is 10.2. The number of carbonyl (C=O) groups is 1. The van der Waals surface area contributed by atoms with Crippen LogP contribution >= 0.6 is 0 Å². The van der Waals surface area contributed by atoms with E-state index < -0.39 is 0 Å². The third-order valence-corrected chi connectivity index (χ3v) is 5.13. The fourth-order valence-electron chi connectivity index (χ4n) is 3.49. The first-order chi connectivity index (χ1) is 13.2. The average Bonchev–Trinajstić information content (AvgIpc) is 2.73. The van der Waals surface area contributed by atoms with Crippen LogP contribution in [-0.2, 0) is 11.3 Å². The number of rotatable bonds is 7. The molecule has 1 amide bonds. The Kier molecular flexibility index (Phi) is 6.71. The van der Waals surface area contributed by atoms with Gasteiger partial charge in [0.1, 0.15) is 5.75 Å². The van der Waals surface area contributed by atoms with Gasteiger partial charge in [-0.3, -0.25) is 9.69 Å². The molecule has 144 valence electrons. The van der Waals surface area contributed by atoms with Crippen LogP contribution < -0.4 is 9.64 Å². The van der Waals surface area contributed by atoms with Crippen LogP contribution in [0.1, 0.15) is 12.0 Å². The summed E-state index contributed by atoms with van der Waals surface area (Å²) >= 11 is 0. The molecule has 5 nitrogen and oxygen atoms in total. The van der Waals surface area contributed by atoms with Gasteiger partial charge in [-0.05, 0) is 17.7 Å². The number of amides is 1. The average molecular weight is 367 g/mol. The smallest absolute Gasteiger partial charge is 0.223 e. The van der Waals surface area contributed by atoms with Crippen molar-refractivity contribution in [1.82, 2.24) is 9.80 Å². The standard InChI is InChI=1S/C22H29N3O2/c1-23(18-19-8-4-3-5-9-19)22(26)12-13-24-14-16-25(17-15-24)20-10-6-7-11-21(20)27-2/h3-11H,12-18H2,1-2H3. The summed E-state index contributed by atoms with van der Waals surface area (Å²) in [6.07, 6.45) is 0.567. The number of anilines is 1. The molecule has 1 saturated heterocycles. The van der Waals surface area contributed by atoms with Crippen LogP contribution in [0.4, 0.5) is 5.69 Å². The summed E-state index contributed by atoms with van der Waals surface area (Å²) in [4.78, 5) is 19.0. The van der Waals surface area contributed by atoms with E-state index in [1.165, 1.54) is 5.56 Å². The van der Waals surface area contributed by atoms with Crippen molar-refractivity contribution in [2.24, 2.45) is 0 Å². The molecule has 0 atom stereocenters. The third kappa shape index (κ3) is 5.23. The minimum atomic E-state index is 0.200. The first-order valence-corrected chi connectivity index (χ1v) is 9.55. The lowest BCUT2D eigenvalue weighted by Gasteiger charge is -2.36. The highest BCUT2D eigenvalue weighted by Crippen LogP contribution is 2.28. The largest absolute Gasteiger partial charge is 0.495 e. The maximum Gasteiger partial charge on any atom is 0.223 e. The third-order valence-electron chi connectivity index (χ3n) is 5.13. The van der Waals surface area contributed by atoms with Crippen LogP contribution in [0.25, 0.3) is 0 Å². The monoisotopic (exact) mass is 367 g/mol. The normalized spacial score (nSPS) is 14.8. The van der Waals surface area contributed by atoms with Gasteiger partial charge in [0.25, 0.3) is 0 Å². The Morgan fingerprint density at radius 1 is 1.00 bits per heavy atom. The topological polar surface area (TPSA) is 36.0 Å². The Labute approximate surface area is 162 Å². The van der Waals surface area contributed by atoms with E-state index in [0.29, 0.717) is 13.0 Å². The number of nitrogens with zero attached hydrogens (tertiary/aromatic N) is 3. The van der Waals surface area contributed by atoms with Crippen LogP contribution in [0.15, 0.2) is 54.6 Å². The van der Waals surface area contributed by atoms with Crippen LogP contribution in [0.3, 0.4) is 0 Å². The summed E-state index contributed by atoms with van der Waals surface area (Å²) in [6, 6.07) is 18.3. The number of benzene rings is 2. The molecule has 1 aliphatic rings. The van der Waals surface area contributed by atoms with Gasteiger partial charge in [0, 0.05) is 52.7 Å². The molecular weight excluding hydrogens is 338 g/mol. The van der Waals surface area contributed by atoms with Crippen molar-refractivity contribution in [3.63, 3.8) is 0 Å². The van der Waals surface area contributed by atoms with Crippen molar-refractivity contribution in [2.75, 3.05) is 51.8 Å². The fraction of sp³-hybridized carbons (Fsp3) is 0.409. The van der Waals surface area contributed by atoms with Gasteiger partial charge in [-0.1, -0.05) is 42.5 Å². The predicted molar refractivity (Wildman–Crippen MR) is 109 cm³/mol. The quantitative estimate of drug-likeness (QED) is 0.754. The molecule has 0 radical (unpaired) electrons. The van der Waals surface area contributed by atoms with Crippen molar-refractivity contribution in [3.05, 3.63) is 60.2 Å². The van der Waals surface area contributed by atoms with Crippen molar-refractivity contribution in [1.29, 1.82) is 0 Å². The number of hydrogen-bond acceptors (Lipinski definition) is 4. The molecular formula is C22H29N3O2. The zero-order valence-electron chi connectivity index (χ0n) is 16.3. The van der Waals surface area contributed by atoms with Gasteiger partial charge in [0.15, 0.2) is 0 Å². The Balaban J connectivity index is 1.43. The lowest BCUT2D eigenvalue weighted by Crippen LogP contribution is -2.47. The second-order valence-corrected chi connectivity index (χ2v) is 6.99. The molecule has 1 aliphatic heterocycles. The maximum atomic E-state index is 12.4. The number of ether oxygens (including phenoxy) is 1. The minimum absolute atomic E-state index is 0.200. The van der Waals surface area contributed by atoms with Crippen LogP contribution in [-0.4, -0.2) is 62.6 Å². The minimum Gasteiger partial charge on any atom is -0.495 e. The van der Waals surface area contributed by atoms with E-state index in [-0.39, 0.29) is 5.91 Å². The molecule has 0 N–H and O–H groups in total. The molecule has 0 saturated carbocycles.